The molecule has 0 saturated heterocycles. The van der Waals surface area contributed by atoms with Gasteiger partial charge >= 0.3 is 0 Å². The van der Waals surface area contributed by atoms with Crippen molar-refractivity contribution < 1.29 is 9.59 Å². The zero-order chi connectivity index (χ0) is 20.8. The molecule has 0 aliphatic heterocycles. The number of rotatable bonds is 5. The van der Waals surface area contributed by atoms with Gasteiger partial charge in [-0.05, 0) is 55.7 Å². The highest BCUT2D eigenvalue weighted by Gasteiger charge is 2.21. The van der Waals surface area contributed by atoms with Crippen molar-refractivity contribution in [2.75, 3.05) is 5.32 Å². The molecule has 29 heavy (non-hydrogen) atoms. The van der Waals surface area contributed by atoms with E-state index in [1.54, 1.807) is 19.1 Å². The summed E-state index contributed by atoms with van der Waals surface area (Å²) in [6.07, 6.45) is 5.33. The highest BCUT2D eigenvalue weighted by atomic mass is 35.5. The molecule has 7 heteroatoms. The van der Waals surface area contributed by atoms with Crippen LogP contribution >= 0.6 is 23.2 Å². The molecular weight excluding hydrogens is 409 g/mol. The predicted octanol–water partition coefficient (Wildman–Crippen LogP) is 5.67. The molecule has 5 nitrogen and oxygen atoms in total. The summed E-state index contributed by atoms with van der Waals surface area (Å²) in [6, 6.07) is 12.1. The van der Waals surface area contributed by atoms with Gasteiger partial charge in [-0.2, -0.15) is 5.10 Å². The number of benzene rings is 2. The fourth-order valence-electron chi connectivity index (χ4n) is 3.36. The van der Waals surface area contributed by atoms with Crippen molar-refractivity contribution in [3.63, 3.8) is 0 Å². The molecule has 3 rings (SSSR count). The van der Waals surface area contributed by atoms with Crippen molar-refractivity contribution in [1.29, 1.82) is 0 Å². The number of amides is 2. The molecule has 0 radical (unpaired) electrons. The average Bonchev–Trinajstić information content (AvgIpc) is 2.72. The fraction of sp³-hybridized carbons (Fsp3) is 0.318. The van der Waals surface area contributed by atoms with Gasteiger partial charge in [-0.15, -0.1) is 0 Å². The molecule has 0 bridgehead atoms. The van der Waals surface area contributed by atoms with Gasteiger partial charge in [0.2, 0.25) is 5.91 Å². The van der Waals surface area contributed by atoms with Gasteiger partial charge in [0.25, 0.3) is 5.91 Å². The van der Waals surface area contributed by atoms with Gasteiger partial charge in [-0.3, -0.25) is 9.59 Å². The van der Waals surface area contributed by atoms with Crippen LogP contribution in [-0.4, -0.2) is 17.5 Å². The molecule has 152 valence electrons. The minimum atomic E-state index is -0.423. The summed E-state index contributed by atoms with van der Waals surface area (Å²) in [5.41, 5.74) is 4.93. The Kier molecular flexibility index (Phi) is 7.29. The second kappa shape index (κ2) is 9.90. The molecule has 1 fully saturated rings. The molecule has 1 aliphatic carbocycles. The summed E-state index contributed by atoms with van der Waals surface area (Å²) in [5.74, 6) is -0.263. The Balaban J connectivity index is 1.65. The van der Waals surface area contributed by atoms with E-state index in [2.05, 4.69) is 15.8 Å². The first-order valence-electron chi connectivity index (χ1n) is 9.65. The minimum Gasteiger partial charge on any atom is -0.326 e. The van der Waals surface area contributed by atoms with Crippen LogP contribution in [0.2, 0.25) is 10.0 Å². The van der Waals surface area contributed by atoms with Gasteiger partial charge in [0.05, 0.1) is 16.3 Å². The lowest BCUT2D eigenvalue weighted by Crippen LogP contribution is -2.24. The van der Waals surface area contributed by atoms with Crippen LogP contribution in [-0.2, 0) is 4.79 Å². The van der Waals surface area contributed by atoms with Crippen LogP contribution < -0.4 is 10.7 Å². The zero-order valence-corrected chi connectivity index (χ0v) is 17.7. The molecule has 0 spiro atoms. The maximum atomic E-state index is 12.5. The molecule has 0 unspecified atom stereocenters. The second-order valence-electron chi connectivity index (χ2n) is 7.17. The summed E-state index contributed by atoms with van der Waals surface area (Å²) in [7, 11) is 0. The standard InChI is InChI=1S/C22H23Cl2N3O2/c1-14(26-27-22(29)19-11-10-17(23)13-20(19)24)16-8-5-9-18(12-16)25-21(28)15-6-3-2-4-7-15/h5,8-13,15H,2-4,6-7H2,1H3,(H,25,28)(H,27,29)/b26-14-. The first kappa shape index (κ1) is 21.3. The molecule has 2 amide bonds. The molecule has 2 N–H and O–H groups in total. The Morgan fingerprint density at radius 1 is 1.03 bits per heavy atom. The number of hydrazone groups is 1. The van der Waals surface area contributed by atoms with Crippen LogP contribution in [0.5, 0.6) is 0 Å². The summed E-state index contributed by atoms with van der Waals surface area (Å²) in [6.45, 7) is 1.78. The van der Waals surface area contributed by atoms with Gasteiger partial charge in [-0.25, -0.2) is 5.43 Å². The van der Waals surface area contributed by atoms with E-state index in [1.807, 2.05) is 24.3 Å². The predicted molar refractivity (Wildman–Crippen MR) is 118 cm³/mol. The molecule has 1 saturated carbocycles. The summed E-state index contributed by atoms with van der Waals surface area (Å²) in [5, 5.41) is 7.87. The van der Waals surface area contributed by atoms with Crippen molar-refractivity contribution in [2.24, 2.45) is 11.0 Å². The topological polar surface area (TPSA) is 70.6 Å². The van der Waals surface area contributed by atoms with Gasteiger partial charge < -0.3 is 5.32 Å². The molecule has 2 aromatic carbocycles. The van der Waals surface area contributed by atoms with E-state index >= 15 is 0 Å². The highest BCUT2D eigenvalue weighted by molar-refractivity contribution is 6.36. The average molecular weight is 432 g/mol. The number of halogens is 2. The maximum absolute atomic E-state index is 12.5. The third kappa shape index (κ3) is 5.81. The van der Waals surface area contributed by atoms with Crippen molar-refractivity contribution in [1.82, 2.24) is 5.43 Å². The lowest BCUT2D eigenvalue weighted by atomic mass is 9.88. The van der Waals surface area contributed by atoms with Crippen LogP contribution in [0.4, 0.5) is 5.69 Å². The first-order chi connectivity index (χ1) is 13.9. The van der Waals surface area contributed by atoms with Gasteiger partial charge in [0.1, 0.15) is 0 Å². The van der Waals surface area contributed by atoms with Crippen LogP contribution in [0.1, 0.15) is 54.9 Å². The van der Waals surface area contributed by atoms with Crippen molar-refractivity contribution in [3.05, 3.63) is 63.6 Å². The monoisotopic (exact) mass is 431 g/mol. The van der Waals surface area contributed by atoms with Crippen LogP contribution in [0, 0.1) is 5.92 Å². The van der Waals surface area contributed by atoms with Crippen LogP contribution in [0.3, 0.4) is 0 Å². The summed E-state index contributed by atoms with van der Waals surface area (Å²) < 4.78 is 0. The lowest BCUT2D eigenvalue weighted by Gasteiger charge is -2.20. The largest absolute Gasteiger partial charge is 0.326 e. The Bertz CT molecular complexity index is 937. The number of hydrogen-bond acceptors (Lipinski definition) is 3. The third-order valence-electron chi connectivity index (χ3n) is 5.02. The second-order valence-corrected chi connectivity index (χ2v) is 8.01. The quantitative estimate of drug-likeness (QED) is 0.472. The Hall–Kier alpha value is -2.37. The smallest absolute Gasteiger partial charge is 0.272 e. The molecule has 1 aliphatic rings. The summed E-state index contributed by atoms with van der Waals surface area (Å²) >= 11 is 11.9. The van der Waals surface area contributed by atoms with Crippen molar-refractivity contribution >= 4 is 46.4 Å². The van der Waals surface area contributed by atoms with Crippen molar-refractivity contribution in [3.8, 4) is 0 Å². The van der Waals surface area contributed by atoms with Gasteiger partial charge in [0.15, 0.2) is 0 Å². The highest BCUT2D eigenvalue weighted by Crippen LogP contribution is 2.25. The van der Waals surface area contributed by atoms with Crippen LogP contribution in [0.25, 0.3) is 0 Å². The Morgan fingerprint density at radius 2 is 1.79 bits per heavy atom. The van der Waals surface area contributed by atoms with E-state index in [0.29, 0.717) is 16.3 Å². The zero-order valence-electron chi connectivity index (χ0n) is 16.2. The van der Waals surface area contributed by atoms with Gasteiger partial charge in [0, 0.05) is 16.6 Å². The normalized spacial score (nSPS) is 15.1. The third-order valence-corrected chi connectivity index (χ3v) is 5.57. The molecule has 0 heterocycles. The Labute approximate surface area is 180 Å². The number of carbonyl (C=O) groups is 2. The Morgan fingerprint density at radius 3 is 2.52 bits per heavy atom. The molecule has 0 atom stereocenters. The van der Waals surface area contributed by atoms with Crippen LogP contribution in [0.15, 0.2) is 47.6 Å². The number of anilines is 1. The van der Waals surface area contributed by atoms with E-state index in [9.17, 15) is 9.59 Å². The molecule has 0 aromatic heterocycles. The molecule has 2 aromatic rings. The minimum absolute atomic E-state index is 0.0714. The fourth-order valence-corrected chi connectivity index (χ4v) is 3.86. The van der Waals surface area contributed by atoms with Gasteiger partial charge in [-0.1, -0.05) is 54.6 Å². The van der Waals surface area contributed by atoms with E-state index in [1.165, 1.54) is 12.5 Å². The van der Waals surface area contributed by atoms with E-state index in [4.69, 9.17) is 23.2 Å². The number of nitrogens with one attached hydrogen (secondary N) is 2. The maximum Gasteiger partial charge on any atom is 0.272 e. The number of hydrogen-bond donors (Lipinski definition) is 2. The SMILES string of the molecule is C/C(=N/NC(=O)c1ccc(Cl)cc1Cl)c1cccc(NC(=O)C2CCCCC2)c1. The lowest BCUT2D eigenvalue weighted by molar-refractivity contribution is -0.120. The number of nitrogens with zero attached hydrogens (tertiary/aromatic N) is 1. The number of carbonyl (C=O) groups excluding carboxylic acids is 2. The summed E-state index contributed by atoms with van der Waals surface area (Å²) in [4.78, 5) is 24.8. The van der Waals surface area contributed by atoms with E-state index in [0.717, 1.165) is 36.9 Å². The first-order valence-corrected chi connectivity index (χ1v) is 10.4. The van der Waals surface area contributed by atoms with E-state index in [-0.39, 0.29) is 16.8 Å². The van der Waals surface area contributed by atoms with E-state index < -0.39 is 5.91 Å². The van der Waals surface area contributed by atoms with Crippen molar-refractivity contribution in [2.45, 2.75) is 39.0 Å². The molecular formula is C22H23Cl2N3O2.